The van der Waals surface area contributed by atoms with E-state index < -0.39 is 30.0 Å². The molecule has 0 spiro atoms. The molecule has 0 saturated heterocycles. The fourth-order valence-corrected chi connectivity index (χ4v) is 4.75. The normalized spacial score (nSPS) is 18.6. The van der Waals surface area contributed by atoms with Gasteiger partial charge in [-0.1, -0.05) is 32.9 Å². The van der Waals surface area contributed by atoms with E-state index >= 15 is 0 Å². The predicted octanol–water partition coefficient (Wildman–Crippen LogP) is 4.80. The lowest BCUT2D eigenvalue weighted by molar-refractivity contribution is -0.274. The zero-order valence-electron chi connectivity index (χ0n) is 19.5. The molecular weight excluding hydrogens is 469 g/mol. The van der Waals surface area contributed by atoms with Crippen LogP contribution in [-0.2, 0) is 11.4 Å². The second kappa shape index (κ2) is 8.67. The van der Waals surface area contributed by atoms with Gasteiger partial charge in [-0.3, -0.25) is 0 Å². The van der Waals surface area contributed by atoms with Crippen molar-refractivity contribution >= 4 is 12.2 Å². The number of carbonyl (C=O) groups is 2. The first-order valence-corrected chi connectivity index (χ1v) is 11.1. The van der Waals surface area contributed by atoms with Crippen molar-refractivity contribution in [2.24, 2.45) is 16.9 Å². The molecule has 4 rings (SSSR count). The molecule has 2 heterocycles. The van der Waals surface area contributed by atoms with Crippen LogP contribution in [0.3, 0.4) is 0 Å². The topological polar surface area (TPSA) is 122 Å². The molecular formula is C23H27F3N4O5. The number of primary amides is 2. The highest BCUT2D eigenvalue weighted by molar-refractivity contribution is 5.81. The summed E-state index contributed by atoms with van der Waals surface area (Å²) < 4.78 is 49.5. The lowest BCUT2D eigenvalue weighted by Crippen LogP contribution is -2.46. The summed E-state index contributed by atoms with van der Waals surface area (Å²) >= 11 is 0. The Morgan fingerprint density at radius 3 is 2.09 bits per heavy atom. The first-order chi connectivity index (χ1) is 16.3. The lowest BCUT2D eigenvalue weighted by atomic mass is 9.83. The van der Waals surface area contributed by atoms with Gasteiger partial charge in [0.15, 0.2) is 5.75 Å². The number of aromatic nitrogens is 1. The molecule has 9 nitrogen and oxygen atoms in total. The number of rotatable bonds is 5. The summed E-state index contributed by atoms with van der Waals surface area (Å²) in [6.07, 6.45) is -5.02. The Morgan fingerprint density at radius 1 is 0.971 bits per heavy atom. The van der Waals surface area contributed by atoms with Gasteiger partial charge in [-0.25, -0.2) is 9.59 Å². The summed E-state index contributed by atoms with van der Waals surface area (Å²) in [5.41, 5.74) is 12.8. The molecule has 1 unspecified atom stereocenters. The number of nitrogens with two attached hydrogens (primary N) is 2. The van der Waals surface area contributed by atoms with E-state index in [9.17, 15) is 22.8 Å². The SMILES string of the molecule is CC(C)(C)C1c2c(OC(N)=O)c(-c3ccc(OC(F)(F)F)cc3)c(C3CC3)n2CCN1OC(N)=O. The average molecular weight is 496 g/mol. The van der Waals surface area contributed by atoms with Gasteiger partial charge in [-0.15, -0.1) is 18.2 Å². The molecule has 1 aromatic carbocycles. The molecule has 12 heteroatoms. The highest BCUT2D eigenvalue weighted by Crippen LogP contribution is 2.55. The Bertz CT molecular complexity index is 1130. The molecule has 1 aliphatic heterocycles. The van der Waals surface area contributed by atoms with Crippen LogP contribution in [0, 0.1) is 5.41 Å². The van der Waals surface area contributed by atoms with Crippen LogP contribution < -0.4 is 20.9 Å². The standard InChI is InChI=1S/C23H27F3N4O5/c1-22(2,3)19-17-18(33-20(27)31)15(12-6-8-14(9-7-12)34-23(24,25)26)16(13-4-5-13)29(17)10-11-30(19)35-21(28)32/h6-9,13,19H,4-5,10-11H2,1-3H3,(H2,27,31)(H2,28,32). The van der Waals surface area contributed by atoms with E-state index in [0.717, 1.165) is 18.5 Å². The fourth-order valence-electron chi connectivity index (χ4n) is 4.75. The third-order valence-corrected chi connectivity index (χ3v) is 5.96. The van der Waals surface area contributed by atoms with Gasteiger partial charge in [0.1, 0.15) is 5.75 Å². The number of hydrogen-bond acceptors (Lipinski definition) is 6. The number of nitrogens with zero attached hydrogens (tertiary/aromatic N) is 2. The minimum atomic E-state index is -4.82. The Morgan fingerprint density at radius 2 is 1.60 bits per heavy atom. The molecule has 2 aliphatic rings. The third kappa shape index (κ3) is 5.16. The van der Waals surface area contributed by atoms with Crippen molar-refractivity contribution in [3.8, 4) is 22.6 Å². The highest BCUT2D eigenvalue weighted by Gasteiger charge is 2.46. The van der Waals surface area contributed by atoms with E-state index in [1.165, 1.54) is 29.3 Å². The van der Waals surface area contributed by atoms with Gasteiger partial charge in [0.2, 0.25) is 0 Å². The van der Waals surface area contributed by atoms with E-state index in [1.54, 1.807) is 0 Å². The van der Waals surface area contributed by atoms with Crippen LogP contribution >= 0.6 is 0 Å². The number of benzene rings is 1. The van der Waals surface area contributed by atoms with Gasteiger partial charge < -0.3 is 30.3 Å². The van der Waals surface area contributed by atoms with Crippen molar-refractivity contribution < 1.29 is 37.1 Å². The maximum Gasteiger partial charge on any atom is 0.573 e. The lowest BCUT2D eigenvalue weighted by Gasteiger charge is -2.42. The Labute approximate surface area is 199 Å². The van der Waals surface area contributed by atoms with Crippen molar-refractivity contribution in [3.05, 3.63) is 35.7 Å². The summed E-state index contributed by atoms with van der Waals surface area (Å²) in [5.74, 6) is -0.0185. The van der Waals surface area contributed by atoms with Crippen molar-refractivity contribution in [1.82, 2.24) is 9.63 Å². The van der Waals surface area contributed by atoms with Crippen LogP contribution in [0.5, 0.6) is 11.5 Å². The first kappa shape index (κ1) is 24.7. The van der Waals surface area contributed by atoms with Gasteiger partial charge in [0, 0.05) is 23.7 Å². The molecule has 2 aromatic rings. The fraction of sp³-hybridized carbons (Fsp3) is 0.478. The van der Waals surface area contributed by atoms with Gasteiger partial charge in [-0.05, 0) is 36.0 Å². The maximum absolute atomic E-state index is 12.6. The van der Waals surface area contributed by atoms with E-state index in [0.29, 0.717) is 29.9 Å². The summed E-state index contributed by atoms with van der Waals surface area (Å²) in [5, 5.41) is 1.46. The van der Waals surface area contributed by atoms with Crippen LogP contribution in [0.4, 0.5) is 22.8 Å². The predicted molar refractivity (Wildman–Crippen MR) is 118 cm³/mol. The summed E-state index contributed by atoms with van der Waals surface area (Å²) in [4.78, 5) is 28.9. The van der Waals surface area contributed by atoms with Gasteiger partial charge in [0.05, 0.1) is 18.3 Å². The number of ether oxygens (including phenoxy) is 2. The van der Waals surface area contributed by atoms with Gasteiger partial charge >= 0.3 is 18.5 Å². The summed E-state index contributed by atoms with van der Waals surface area (Å²) in [7, 11) is 0. The molecule has 1 fully saturated rings. The number of halogens is 3. The van der Waals surface area contributed by atoms with Gasteiger partial charge in [-0.2, -0.15) is 0 Å². The molecule has 35 heavy (non-hydrogen) atoms. The Balaban J connectivity index is 1.92. The van der Waals surface area contributed by atoms with Crippen LogP contribution in [0.15, 0.2) is 24.3 Å². The van der Waals surface area contributed by atoms with Crippen LogP contribution in [0.25, 0.3) is 11.1 Å². The zero-order chi connectivity index (χ0) is 25.7. The first-order valence-electron chi connectivity index (χ1n) is 11.1. The second-order valence-corrected chi connectivity index (χ2v) is 9.71. The Kier molecular flexibility index (Phi) is 6.12. The molecule has 0 radical (unpaired) electrons. The zero-order valence-corrected chi connectivity index (χ0v) is 19.5. The molecule has 1 aromatic heterocycles. The number of fused-ring (bicyclic) bond motifs is 1. The van der Waals surface area contributed by atoms with Crippen LogP contribution in [0.2, 0.25) is 0 Å². The number of alkyl halides is 3. The van der Waals surface area contributed by atoms with Crippen molar-refractivity contribution in [2.75, 3.05) is 6.54 Å². The van der Waals surface area contributed by atoms with E-state index in [-0.39, 0.29) is 17.4 Å². The minimum Gasteiger partial charge on any atom is -0.408 e. The average Bonchev–Trinajstić information content (AvgIpc) is 3.49. The summed E-state index contributed by atoms with van der Waals surface area (Å²) in [6.45, 7) is 6.55. The van der Waals surface area contributed by atoms with Crippen molar-refractivity contribution in [3.63, 3.8) is 0 Å². The number of hydrogen-bond donors (Lipinski definition) is 2. The van der Waals surface area contributed by atoms with Crippen molar-refractivity contribution in [1.29, 1.82) is 0 Å². The van der Waals surface area contributed by atoms with Crippen LogP contribution in [0.1, 0.15) is 57.0 Å². The molecule has 4 N–H and O–H groups in total. The largest absolute Gasteiger partial charge is 0.573 e. The molecule has 190 valence electrons. The van der Waals surface area contributed by atoms with Crippen LogP contribution in [-0.4, -0.2) is 34.7 Å². The Hall–Kier alpha value is -3.41. The highest BCUT2D eigenvalue weighted by atomic mass is 19.4. The number of amides is 2. The third-order valence-electron chi connectivity index (χ3n) is 5.96. The smallest absolute Gasteiger partial charge is 0.408 e. The molecule has 1 saturated carbocycles. The maximum atomic E-state index is 12.6. The molecule has 0 bridgehead atoms. The second-order valence-electron chi connectivity index (χ2n) is 9.71. The number of carbonyl (C=O) groups excluding carboxylic acids is 2. The number of hydroxylamine groups is 2. The minimum absolute atomic E-state index is 0.171. The molecule has 2 amide bonds. The van der Waals surface area contributed by atoms with Gasteiger partial charge in [0.25, 0.3) is 0 Å². The quantitative estimate of drug-likeness (QED) is 0.613. The molecule has 1 aliphatic carbocycles. The van der Waals surface area contributed by atoms with E-state index in [1.807, 2.05) is 25.3 Å². The monoisotopic (exact) mass is 496 g/mol. The van der Waals surface area contributed by atoms with E-state index in [4.69, 9.17) is 21.0 Å². The van der Waals surface area contributed by atoms with Crippen molar-refractivity contribution in [2.45, 2.75) is 58.5 Å². The summed E-state index contributed by atoms with van der Waals surface area (Å²) in [6, 6.07) is 4.80. The molecule has 1 atom stereocenters. The van der Waals surface area contributed by atoms with E-state index in [2.05, 4.69) is 4.74 Å².